The third-order valence-electron chi connectivity index (χ3n) is 1.48. The monoisotopic (exact) mass is 226 g/mol. The van der Waals surface area contributed by atoms with Crippen molar-refractivity contribution in [3.05, 3.63) is 23.9 Å². The van der Waals surface area contributed by atoms with Gasteiger partial charge < -0.3 is 5.32 Å². The summed E-state index contributed by atoms with van der Waals surface area (Å²) in [5.41, 5.74) is -1.11. The van der Waals surface area contributed by atoms with Crippen LogP contribution in [0.5, 0.6) is 0 Å². The predicted octanol–water partition coefficient (Wildman–Crippen LogP) is 2.78. The zero-order valence-corrected chi connectivity index (χ0v) is 7.35. The molecule has 1 N–H and O–H groups in total. The molecule has 0 aliphatic heterocycles. The third-order valence-corrected chi connectivity index (χ3v) is 1.48. The van der Waals surface area contributed by atoms with Crippen LogP contribution in [0.4, 0.5) is 27.8 Å². The first-order valence-corrected chi connectivity index (χ1v) is 3.96. The number of pyridine rings is 1. The summed E-state index contributed by atoms with van der Waals surface area (Å²) in [6, 6.07) is 3.06. The van der Waals surface area contributed by atoms with E-state index >= 15 is 0 Å². The molecule has 2 nitrogen and oxygen atoms in total. The first-order valence-electron chi connectivity index (χ1n) is 3.96. The number of aromatic nitrogens is 1. The number of anilines is 1. The molecule has 0 atom stereocenters. The minimum atomic E-state index is -4.57. The second kappa shape index (κ2) is 4.41. The van der Waals surface area contributed by atoms with Gasteiger partial charge in [-0.2, -0.15) is 13.2 Å². The molecule has 7 heteroatoms. The number of hydrogen-bond donors (Lipinski definition) is 1. The normalized spacial score (nSPS) is 11.9. The third kappa shape index (κ3) is 3.69. The van der Waals surface area contributed by atoms with Crippen molar-refractivity contribution in [3.63, 3.8) is 0 Å². The van der Waals surface area contributed by atoms with Crippen molar-refractivity contribution < 1.29 is 22.0 Å². The summed E-state index contributed by atoms with van der Waals surface area (Å²) in [4.78, 5) is 3.15. The molecule has 0 saturated carbocycles. The molecule has 15 heavy (non-hydrogen) atoms. The molecule has 84 valence electrons. The average Bonchev–Trinajstić information content (AvgIpc) is 2.14. The Bertz CT molecular complexity index is 323. The molecule has 1 rings (SSSR count). The molecule has 0 aliphatic carbocycles. The molecule has 0 saturated heterocycles. The highest BCUT2D eigenvalue weighted by Crippen LogP contribution is 2.28. The quantitative estimate of drug-likeness (QED) is 0.801. The summed E-state index contributed by atoms with van der Waals surface area (Å²) in [5, 5.41) is 2.10. The number of alkyl halides is 5. The highest BCUT2D eigenvalue weighted by Gasteiger charge is 2.32. The van der Waals surface area contributed by atoms with Crippen LogP contribution in [0.3, 0.4) is 0 Å². The van der Waals surface area contributed by atoms with Crippen LogP contribution < -0.4 is 5.32 Å². The second-order valence-electron chi connectivity index (χ2n) is 2.68. The first-order chi connectivity index (χ1) is 6.89. The van der Waals surface area contributed by atoms with Crippen LogP contribution in [0.1, 0.15) is 5.69 Å². The molecule has 0 fully saturated rings. The maximum atomic E-state index is 12.1. The van der Waals surface area contributed by atoms with Crippen LogP contribution in [0.2, 0.25) is 0 Å². The topological polar surface area (TPSA) is 24.9 Å². The molecule has 1 aromatic rings. The SMILES string of the molecule is FC(F)CNc1cccc(C(F)(F)F)n1. The number of nitrogens with zero attached hydrogens (tertiary/aromatic N) is 1. The van der Waals surface area contributed by atoms with E-state index in [0.717, 1.165) is 12.1 Å². The molecule has 0 spiro atoms. The van der Waals surface area contributed by atoms with Crippen LogP contribution in [0, 0.1) is 0 Å². The molecule has 0 aromatic carbocycles. The van der Waals surface area contributed by atoms with Crippen LogP contribution in [0.15, 0.2) is 18.2 Å². The summed E-state index contributed by atoms with van der Waals surface area (Å²) in [5.74, 6) is -0.217. The lowest BCUT2D eigenvalue weighted by molar-refractivity contribution is -0.141. The maximum Gasteiger partial charge on any atom is 0.433 e. The summed E-state index contributed by atoms with van der Waals surface area (Å²) in [6.45, 7) is -0.728. The predicted molar refractivity (Wildman–Crippen MR) is 43.7 cm³/mol. The van der Waals surface area contributed by atoms with E-state index in [2.05, 4.69) is 10.3 Å². The van der Waals surface area contributed by atoms with Gasteiger partial charge in [-0.1, -0.05) is 6.07 Å². The van der Waals surface area contributed by atoms with Crippen molar-refractivity contribution in [1.29, 1.82) is 0 Å². The number of rotatable bonds is 3. The fraction of sp³-hybridized carbons (Fsp3) is 0.375. The van der Waals surface area contributed by atoms with E-state index in [-0.39, 0.29) is 5.82 Å². The van der Waals surface area contributed by atoms with Gasteiger partial charge in [0.05, 0.1) is 6.54 Å². The molecule has 1 aromatic heterocycles. The fourth-order valence-electron chi connectivity index (χ4n) is 0.873. The minimum Gasteiger partial charge on any atom is -0.364 e. The Morgan fingerprint density at radius 2 is 1.93 bits per heavy atom. The lowest BCUT2D eigenvalue weighted by Crippen LogP contribution is -2.14. The van der Waals surface area contributed by atoms with E-state index in [1.807, 2.05) is 0 Å². The Kier molecular flexibility index (Phi) is 3.43. The van der Waals surface area contributed by atoms with Gasteiger partial charge in [0.1, 0.15) is 11.5 Å². The number of hydrogen-bond acceptors (Lipinski definition) is 2. The van der Waals surface area contributed by atoms with Gasteiger partial charge in [0.25, 0.3) is 6.43 Å². The van der Waals surface area contributed by atoms with Gasteiger partial charge in [-0.05, 0) is 12.1 Å². The van der Waals surface area contributed by atoms with Crippen molar-refractivity contribution in [2.24, 2.45) is 0 Å². The molecular weight excluding hydrogens is 219 g/mol. The Morgan fingerprint density at radius 1 is 1.27 bits per heavy atom. The van der Waals surface area contributed by atoms with Crippen LogP contribution in [0.25, 0.3) is 0 Å². The average molecular weight is 226 g/mol. The van der Waals surface area contributed by atoms with Gasteiger partial charge >= 0.3 is 6.18 Å². The van der Waals surface area contributed by atoms with Crippen molar-refractivity contribution >= 4 is 5.82 Å². The highest BCUT2D eigenvalue weighted by molar-refractivity contribution is 5.35. The Hall–Kier alpha value is -1.40. The van der Waals surface area contributed by atoms with Gasteiger partial charge in [0.2, 0.25) is 0 Å². The number of halogens is 5. The molecule has 0 unspecified atom stereocenters. The van der Waals surface area contributed by atoms with E-state index in [4.69, 9.17) is 0 Å². The lowest BCUT2D eigenvalue weighted by Gasteiger charge is -2.08. The Balaban J connectivity index is 2.75. The zero-order valence-electron chi connectivity index (χ0n) is 7.35. The molecular formula is C8H7F5N2. The van der Waals surface area contributed by atoms with E-state index in [9.17, 15) is 22.0 Å². The summed E-state index contributed by atoms with van der Waals surface area (Å²) in [6.07, 6.45) is -7.20. The summed E-state index contributed by atoms with van der Waals surface area (Å²) < 4.78 is 59.9. The molecule has 0 bridgehead atoms. The van der Waals surface area contributed by atoms with Gasteiger partial charge in [-0.3, -0.25) is 0 Å². The molecule has 0 amide bonds. The van der Waals surface area contributed by atoms with Crippen LogP contribution >= 0.6 is 0 Å². The van der Waals surface area contributed by atoms with E-state index < -0.39 is 24.8 Å². The molecule has 0 aliphatic rings. The van der Waals surface area contributed by atoms with E-state index in [1.54, 1.807) is 0 Å². The zero-order chi connectivity index (χ0) is 11.5. The standard InChI is InChI=1S/C8H7F5N2/c9-6(10)4-14-7-3-1-2-5(15-7)8(11,12)13/h1-3,6H,4H2,(H,14,15). The van der Waals surface area contributed by atoms with Gasteiger partial charge in [0, 0.05) is 0 Å². The minimum absolute atomic E-state index is 0.217. The van der Waals surface area contributed by atoms with Crippen LogP contribution in [-0.2, 0) is 6.18 Å². The summed E-state index contributed by atoms with van der Waals surface area (Å²) in [7, 11) is 0. The molecule has 0 radical (unpaired) electrons. The van der Waals surface area contributed by atoms with Gasteiger partial charge in [-0.25, -0.2) is 13.8 Å². The first kappa shape index (κ1) is 11.7. The maximum absolute atomic E-state index is 12.1. The van der Waals surface area contributed by atoms with Crippen molar-refractivity contribution in [1.82, 2.24) is 4.98 Å². The lowest BCUT2D eigenvalue weighted by atomic mass is 10.3. The van der Waals surface area contributed by atoms with E-state index in [1.165, 1.54) is 6.07 Å². The summed E-state index contributed by atoms with van der Waals surface area (Å²) >= 11 is 0. The van der Waals surface area contributed by atoms with Crippen molar-refractivity contribution in [2.45, 2.75) is 12.6 Å². The van der Waals surface area contributed by atoms with Crippen LogP contribution in [-0.4, -0.2) is 18.0 Å². The number of nitrogens with one attached hydrogen (secondary N) is 1. The second-order valence-corrected chi connectivity index (χ2v) is 2.68. The highest BCUT2D eigenvalue weighted by atomic mass is 19.4. The van der Waals surface area contributed by atoms with Crippen molar-refractivity contribution in [2.75, 3.05) is 11.9 Å². The van der Waals surface area contributed by atoms with Crippen molar-refractivity contribution in [3.8, 4) is 0 Å². The van der Waals surface area contributed by atoms with E-state index in [0.29, 0.717) is 0 Å². The van der Waals surface area contributed by atoms with Gasteiger partial charge in [-0.15, -0.1) is 0 Å². The fourth-order valence-corrected chi connectivity index (χ4v) is 0.873. The Labute approximate surface area is 82.1 Å². The largest absolute Gasteiger partial charge is 0.433 e. The molecule has 1 heterocycles. The van der Waals surface area contributed by atoms with Gasteiger partial charge in [0.15, 0.2) is 0 Å². The Morgan fingerprint density at radius 3 is 2.47 bits per heavy atom. The smallest absolute Gasteiger partial charge is 0.364 e.